The number of aliphatic hydroxyl groups is 1. The van der Waals surface area contributed by atoms with Crippen molar-refractivity contribution in [1.29, 1.82) is 0 Å². The van der Waals surface area contributed by atoms with Crippen molar-refractivity contribution in [2.75, 3.05) is 26.2 Å². The van der Waals surface area contributed by atoms with Crippen LogP contribution in [0.1, 0.15) is 59.8 Å². The first-order valence-corrected chi connectivity index (χ1v) is 8.97. The molecule has 0 amide bonds. The van der Waals surface area contributed by atoms with Crippen LogP contribution in [0.4, 0.5) is 0 Å². The summed E-state index contributed by atoms with van der Waals surface area (Å²) in [6, 6.07) is 1.38. The first-order valence-electron chi connectivity index (χ1n) is 8.97. The van der Waals surface area contributed by atoms with Crippen LogP contribution in [0.2, 0.25) is 0 Å². The number of nitrogens with one attached hydrogen (secondary N) is 1. The smallest absolute Gasteiger partial charge is 0.0431 e. The number of likely N-dealkylation sites (tertiary alicyclic amines) is 1. The molecule has 0 aromatic rings. The van der Waals surface area contributed by atoms with E-state index in [9.17, 15) is 0 Å². The van der Waals surface area contributed by atoms with Crippen LogP contribution in [0.25, 0.3) is 0 Å². The molecule has 2 fully saturated rings. The summed E-state index contributed by atoms with van der Waals surface area (Å²) in [6.45, 7) is 13.2. The van der Waals surface area contributed by atoms with Crippen LogP contribution in [-0.2, 0) is 0 Å². The van der Waals surface area contributed by atoms with Crippen molar-refractivity contribution in [2.45, 2.75) is 71.9 Å². The highest BCUT2D eigenvalue weighted by molar-refractivity contribution is 4.92. The van der Waals surface area contributed by atoms with Crippen LogP contribution in [-0.4, -0.2) is 48.3 Å². The summed E-state index contributed by atoms with van der Waals surface area (Å²) in [6.07, 6.45) is 6.28. The molecular formula is C18H36N2O. The molecule has 0 bridgehead atoms. The molecule has 0 aromatic carbocycles. The third-order valence-electron chi connectivity index (χ3n) is 5.14. The zero-order chi connectivity index (χ0) is 15.5. The summed E-state index contributed by atoms with van der Waals surface area (Å²) in [5, 5.41) is 12.9. The van der Waals surface area contributed by atoms with Crippen molar-refractivity contribution in [1.82, 2.24) is 10.2 Å². The Balaban J connectivity index is 1.89. The SMILES string of the molecule is CC(C1CC1)N1CC(CCCO)CC(NCC(C)(C)C)C1. The quantitative estimate of drug-likeness (QED) is 0.758. The third kappa shape index (κ3) is 5.88. The second-order valence-electron chi connectivity index (χ2n) is 8.64. The lowest BCUT2D eigenvalue weighted by molar-refractivity contribution is 0.0844. The minimum absolute atomic E-state index is 0.342. The average Bonchev–Trinajstić information content (AvgIpc) is 3.25. The molecule has 2 aliphatic rings. The Morgan fingerprint density at radius 3 is 2.52 bits per heavy atom. The number of nitrogens with zero attached hydrogens (tertiary/aromatic N) is 1. The molecule has 0 spiro atoms. The van der Waals surface area contributed by atoms with Gasteiger partial charge in [0.2, 0.25) is 0 Å². The molecule has 1 saturated heterocycles. The zero-order valence-electron chi connectivity index (χ0n) is 14.6. The van der Waals surface area contributed by atoms with E-state index in [2.05, 4.69) is 37.9 Å². The lowest BCUT2D eigenvalue weighted by atomic mass is 9.88. The fraction of sp³-hybridized carbons (Fsp3) is 1.00. The van der Waals surface area contributed by atoms with Gasteiger partial charge in [0.25, 0.3) is 0 Å². The molecule has 3 atom stereocenters. The van der Waals surface area contributed by atoms with Gasteiger partial charge in [0.05, 0.1) is 0 Å². The van der Waals surface area contributed by atoms with E-state index in [-0.39, 0.29) is 0 Å². The van der Waals surface area contributed by atoms with Crippen molar-refractivity contribution in [3.05, 3.63) is 0 Å². The first kappa shape index (κ1) is 17.2. The maximum atomic E-state index is 9.12. The number of hydrogen-bond acceptors (Lipinski definition) is 3. The molecular weight excluding hydrogens is 260 g/mol. The minimum Gasteiger partial charge on any atom is -0.396 e. The summed E-state index contributed by atoms with van der Waals surface area (Å²) in [7, 11) is 0. The Morgan fingerprint density at radius 1 is 1.24 bits per heavy atom. The van der Waals surface area contributed by atoms with Gasteiger partial charge in [0.15, 0.2) is 0 Å². The predicted molar refractivity (Wildman–Crippen MR) is 89.4 cm³/mol. The highest BCUT2D eigenvalue weighted by Gasteiger charge is 2.36. The number of hydrogen-bond donors (Lipinski definition) is 2. The van der Waals surface area contributed by atoms with Gasteiger partial charge in [-0.1, -0.05) is 20.8 Å². The Kier molecular flexibility index (Phi) is 6.10. The largest absolute Gasteiger partial charge is 0.396 e. The van der Waals surface area contributed by atoms with Gasteiger partial charge in [-0.25, -0.2) is 0 Å². The van der Waals surface area contributed by atoms with E-state index in [0.29, 0.717) is 18.1 Å². The van der Waals surface area contributed by atoms with Crippen LogP contribution in [0, 0.1) is 17.3 Å². The van der Waals surface area contributed by atoms with Gasteiger partial charge in [-0.3, -0.25) is 4.90 Å². The van der Waals surface area contributed by atoms with Crippen molar-refractivity contribution in [3.63, 3.8) is 0 Å². The van der Waals surface area contributed by atoms with Gasteiger partial charge in [0, 0.05) is 38.3 Å². The molecule has 3 heteroatoms. The summed E-state index contributed by atoms with van der Waals surface area (Å²) in [5.74, 6) is 1.70. The van der Waals surface area contributed by atoms with E-state index in [4.69, 9.17) is 5.11 Å². The molecule has 0 aromatic heterocycles. The highest BCUT2D eigenvalue weighted by Crippen LogP contribution is 2.37. The van der Waals surface area contributed by atoms with Gasteiger partial charge in [0.1, 0.15) is 0 Å². The van der Waals surface area contributed by atoms with E-state index >= 15 is 0 Å². The monoisotopic (exact) mass is 296 g/mol. The van der Waals surface area contributed by atoms with Gasteiger partial charge >= 0.3 is 0 Å². The molecule has 1 heterocycles. The molecule has 2 rings (SSSR count). The van der Waals surface area contributed by atoms with Gasteiger partial charge < -0.3 is 10.4 Å². The van der Waals surface area contributed by atoms with E-state index < -0.39 is 0 Å². The van der Waals surface area contributed by atoms with Gasteiger partial charge in [-0.05, 0) is 56.3 Å². The van der Waals surface area contributed by atoms with Crippen LogP contribution in [0.15, 0.2) is 0 Å². The maximum absolute atomic E-state index is 9.12. The molecule has 0 radical (unpaired) electrons. The van der Waals surface area contributed by atoms with E-state index in [0.717, 1.165) is 30.8 Å². The fourth-order valence-electron chi connectivity index (χ4n) is 3.64. The Hall–Kier alpha value is -0.120. The Labute approximate surface area is 131 Å². The van der Waals surface area contributed by atoms with Crippen molar-refractivity contribution >= 4 is 0 Å². The number of rotatable bonds is 7. The summed E-state index contributed by atoms with van der Waals surface area (Å²) in [5.41, 5.74) is 0.352. The molecule has 3 nitrogen and oxygen atoms in total. The minimum atomic E-state index is 0.342. The van der Waals surface area contributed by atoms with Crippen molar-refractivity contribution in [3.8, 4) is 0 Å². The summed E-state index contributed by atoms with van der Waals surface area (Å²) < 4.78 is 0. The normalized spacial score (nSPS) is 29.6. The van der Waals surface area contributed by atoms with E-state index in [1.54, 1.807) is 0 Å². The van der Waals surface area contributed by atoms with E-state index in [1.165, 1.54) is 38.8 Å². The summed E-state index contributed by atoms with van der Waals surface area (Å²) >= 11 is 0. The van der Waals surface area contributed by atoms with Crippen LogP contribution < -0.4 is 5.32 Å². The predicted octanol–water partition coefficient (Wildman–Crippen LogP) is 2.88. The van der Waals surface area contributed by atoms with E-state index in [1.807, 2.05) is 0 Å². The molecule has 1 aliphatic heterocycles. The second-order valence-corrected chi connectivity index (χ2v) is 8.64. The van der Waals surface area contributed by atoms with Crippen molar-refractivity contribution < 1.29 is 5.11 Å². The lowest BCUT2D eigenvalue weighted by Gasteiger charge is -2.42. The van der Waals surface area contributed by atoms with Crippen LogP contribution >= 0.6 is 0 Å². The molecule has 1 aliphatic carbocycles. The Bertz CT molecular complexity index is 309. The van der Waals surface area contributed by atoms with Gasteiger partial charge in [-0.15, -0.1) is 0 Å². The topological polar surface area (TPSA) is 35.5 Å². The Morgan fingerprint density at radius 2 is 1.95 bits per heavy atom. The van der Waals surface area contributed by atoms with Crippen LogP contribution in [0.5, 0.6) is 0 Å². The molecule has 21 heavy (non-hydrogen) atoms. The fourth-order valence-corrected chi connectivity index (χ4v) is 3.64. The van der Waals surface area contributed by atoms with Crippen molar-refractivity contribution in [2.24, 2.45) is 17.3 Å². The molecule has 124 valence electrons. The number of piperidine rings is 1. The van der Waals surface area contributed by atoms with Gasteiger partial charge in [-0.2, -0.15) is 0 Å². The molecule has 1 saturated carbocycles. The average molecular weight is 296 g/mol. The standard InChI is InChI=1S/C18H36N2O/c1-14(16-7-8-16)20-11-15(6-5-9-21)10-17(12-20)19-13-18(2,3)4/h14-17,19,21H,5-13H2,1-4H3. The second kappa shape index (κ2) is 7.43. The summed E-state index contributed by atoms with van der Waals surface area (Å²) in [4.78, 5) is 2.73. The maximum Gasteiger partial charge on any atom is 0.0431 e. The molecule has 3 unspecified atom stereocenters. The number of aliphatic hydroxyl groups excluding tert-OH is 1. The van der Waals surface area contributed by atoms with Crippen LogP contribution in [0.3, 0.4) is 0 Å². The molecule has 2 N–H and O–H groups in total. The highest BCUT2D eigenvalue weighted by atomic mass is 16.2. The lowest BCUT2D eigenvalue weighted by Crippen LogP contribution is -2.53. The third-order valence-corrected chi connectivity index (χ3v) is 5.14. The zero-order valence-corrected chi connectivity index (χ0v) is 14.6. The first-order chi connectivity index (χ1) is 9.89.